The summed E-state index contributed by atoms with van der Waals surface area (Å²) in [6, 6.07) is 7.31. The number of fused-ring (bicyclic) bond motifs is 2. The van der Waals surface area contributed by atoms with Crippen molar-refractivity contribution < 1.29 is 14.4 Å². The van der Waals surface area contributed by atoms with E-state index in [9.17, 15) is 10.1 Å². The van der Waals surface area contributed by atoms with Crippen molar-refractivity contribution >= 4 is 23.8 Å². The van der Waals surface area contributed by atoms with Crippen molar-refractivity contribution in [2.24, 2.45) is 9.98 Å². The number of nitro groups is 1. The number of ether oxygens (including phenoxy) is 2. The minimum atomic E-state index is -0.386. The minimum absolute atomic E-state index is 0.0285. The van der Waals surface area contributed by atoms with Gasteiger partial charge in [-0.2, -0.15) is 0 Å². The molecule has 214 valence electrons. The maximum Gasteiger partial charge on any atom is 0.311 e. The normalized spacial score (nSPS) is 18.1. The zero-order valence-electron chi connectivity index (χ0n) is 23.2. The van der Waals surface area contributed by atoms with E-state index in [1.165, 1.54) is 57.2 Å². The van der Waals surface area contributed by atoms with Crippen molar-refractivity contribution in [2.45, 2.75) is 51.6 Å². The second-order valence-electron chi connectivity index (χ2n) is 10.8. The molecule has 0 bridgehead atoms. The van der Waals surface area contributed by atoms with Crippen LogP contribution in [-0.4, -0.2) is 79.6 Å². The SMILES string of the molecule is Nc1cc2c(cc1OCCN1CCCCC1)CN=C2.O=[N+]([O-])c1cc2c(cc1OCCN1CCCCC1)CN=C2. The van der Waals surface area contributed by atoms with E-state index < -0.39 is 0 Å². The van der Waals surface area contributed by atoms with Crippen LogP contribution in [0.4, 0.5) is 11.4 Å². The molecular weight excluding hydrogens is 508 g/mol. The lowest BCUT2D eigenvalue weighted by Crippen LogP contribution is -2.33. The third-order valence-corrected chi connectivity index (χ3v) is 7.90. The first-order valence-corrected chi connectivity index (χ1v) is 14.5. The molecule has 0 aliphatic carbocycles. The highest BCUT2D eigenvalue weighted by Crippen LogP contribution is 2.32. The standard InChI is InChI=1S/C15H19N3O3.C15H21N3O/c19-18(20)14-8-12-10-16-11-13(12)9-15(14)21-7-6-17-4-2-1-3-5-17;16-14-8-12-10-17-11-13(12)9-15(14)19-7-6-18-4-2-1-3-5-18/h8-10H,1-7,11H2;8-10H,1-7,11,16H2. The summed E-state index contributed by atoms with van der Waals surface area (Å²) in [5, 5.41) is 11.2. The molecule has 10 nitrogen and oxygen atoms in total. The van der Waals surface area contributed by atoms with Crippen LogP contribution in [0.15, 0.2) is 34.3 Å². The van der Waals surface area contributed by atoms with E-state index >= 15 is 0 Å². The first-order valence-electron chi connectivity index (χ1n) is 14.5. The number of nitro benzene ring substituents is 1. The van der Waals surface area contributed by atoms with Gasteiger partial charge < -0.3 is 15.2 Å². The number of nitrogens with two attached hydrogens (primary N) is 1. The number of nitrogens with zero attached hydrogens (tertiary/aromatic N) is 5. The van der Waals surface area contributed by atoms with Crippen LogP contribution in [0.5, 0.6) is 11.5 Å². The molecule has 0 aromatic heterocycles. The van der Waals surface area contributed by atoms with E-state index in [2.05, 4.69) is 19.8 Å². The van der Waals surface area contributed by atoms with Crippen molar-refractivity contribution in [3.63, 3.8) is 0 Å². The van der Waals surface area contributed by atoms with Gasteiger partial charge in [0.1, 0.15) is 19.0 Å². The van der Waals surface area contributed by atoms with E-state index in [-0.39, 0.29) is 10.6 Å². The molecule has 4 aliphatic heterocycles. The number of hydrogen-bond acceptors (Lipinski definition) is 9. The summed E-state index contributed by atoms with van der Waals surface area (Å²) in [4.78, 5) is 24.0. The molecule has 0 saturated carbocycles. The largest absolute Gasteiger partial charge is 0.490 e. The summed E-state index contributed by atoms with van der Waals surface area (Å²) in [6.45, 7) is 8.96. The van der Waals surface area contributed by atoms with E-state index in [0.29, 0.717) is 31.2 Å². The Morgan fingerprint density at radius 3 is 1.80 bits per heavy atom. The van der Waals surface area contributed by atoms with Gasteiger partial charge in [0, 0.05) is 37.1 Å². The predicted molar refractivity (Wildman–Crippen MR) is 158 cm³/mol. The third-order valence-electron chi connectivity index (χ3n) is 7.90. The molecule has 2 saturated heterocycles. The molecule has 2 fully saturated rings. The smallest absolute Gasteiger partial charge is 0.311 e. The first kappa shape index (κ1) is 28.0. The van der Waals surface area contributed by atoms with Crippen LogP contribution in [0.25, 0.3) is 0 Å². The van der Waals surface area contributed by atoms with Crippen LogP contribution in [0.1, 0.15) is 60.8 Å². The van der Waals surface area contributed by atoms with Crippen LogP contribution in [0.2, 0.25) is 0 Å². The van der Waals surface area contributed by atoms with E-state index in [0.717, 1.165) is 55.2 Å². The van der Waals surface area contributed by atoms with Crippen molar-refractivity contribution in [2.75, 3.05) is 58.2 Å². The molecule has 0 amide bonds. The van der Waals surface area contributed by atoms with Gasteiger partial charge in [-0.15, -0.1) is 0 Å². The van der Waals surface area contributed by atoms with Crippen LogP contribution in [0.3, 0.4) is 0 Å². The van der Waals surface area contributed by atoms with Gasteiger partial charge in [-0.25, -0.2) is 0 Å². The Morgan fingerprint density at radius 1 is 0.750 bits per heavy atom. The lowest BCUT2D eigenvalue weighted by Gasteiger charge is -2.26. The Morgan fingerprint density at radius 2 is 1.25 bits per heavy atom. The van der Waals surface area contributed by atoms with Crippen molar-refractivity contribution in [1.82, 2.24) is 9.80 Å². The number of piperidine rings is 2. The highest BCUT2D eigenvalue weighted by Gasteiger charge is 2.21. The summed E-state index contributed by atoms with van der Waals surface area (Å²) in [7, 11) is 0. The van der Waals surface area contributed by atoms with Gasteiger partial charge in [0.15, 0.2) is 5.75 Å². The molecule has 10 heteroatoms. The van der Waals surface area contributed by atoms with E-state index in [1.807, 2.05) is 18.3 Å². The highest BCUT2D eigenvalue weighted by molar-refractivity contribution is 5.87. The molecule has 0 atom stereocenters. The summed E-state index contributed by atoms with van der Waals surface area (Å²) in [5.74, 6) is 1.17. The van der Waals surface area contributed by atoms with E-state index in [4.69, 9.17) is 15.2 Å². The van der Waals surface area contributed by atoms with Crippen LogP contribution < -0.4 is 15.2 Å². The van der Waals surface area contributed by atoms with Gasteiger partial charge in [-0.3, -0.25) is 29.9 Å². The van der Waals surface area contributed by atoms with Crippen LogP contribution in [-0.2, 0) is 13.1 Å². The third kappa shape index (κ3) is 7.37. The fraction of sp³-hybridized carbons (Fsp3) is 0.533. The summed E-state index contributed by atoms with van der Waals surface area (Å²) < 4.78 is 11.5. The average molecular weight is 549 g/mol. The summed E-state index contributed by atoms with van der Waals surface area (Å²) in [6.07, 6.45) is 11.3. The average Bonchev–Trinajstić information content (AvgIpc) is 3.63. The Hall–Kier alpha value is -3.50. The molecule has 4 heterocycles. The topological polar surface area (TPSA) is 119 Å². The number of rotatable bonds is 9. The van der Waals surface area contributed by atoms with Crippen molar-refractivity contribution in [3.05, 3.63) is 56.6 Å². The maximum absolute atomic E-state index is 11.2. The Balaban J connectivity index is 0.000000162. The quantitative estimate of drug-likeness (QED) is 0.279. The number of aliphatic imine (C=N–C) groups is 2. The fourth-order valence-electron chi connectivity index (χ4n) is 5.60. The summed E-state index contributed by atoms with van der Waals surface area (Å²) in [5.41, 5.74) is 10.9. The predicted octanol–water partition coefficient (Wildman–Crippen LogP) is 4.46. The van der Waals surface area contributed by atoms with Gasteiger partial charge in [0.2, 0.25) is 0 Å². The minimum Gasteiger partial charge on any atom is -0.490 e. The molecule has 40 heavy (non-hydrogen) atoms. The zero-order valence-corrected chi connectivity index (χ0v) is 23.2. The number of likely N-dealkylation sites (tertiary alicyclic amines) is 2. The molecule has 4 aliphatic rings. The molecule has 2 aromatic rings. The van der Waals surface area contributed by atoms with Gasteiger partial charge in [-0.05, 0) is 86.8 Å². The molecule has 0 radical (unpaired) electrons. The monoisotopic (exact) mass is 548 g/mol. The van der Waals surface area contributed by atoms with Gasteiger partial charge in [0.05, 0.1) is 23.7 Å². The Kier molecular flexibility index (Phi) is 9.62. The molecule has 0 unspecified atom stereocenters. The summed E-state index contributed by atoms with van der Waals surface area (Å²) >= 11 is 0. The van der Waals surface area contributed by atoms with Crippen molar-refractivity contribution in [1.29, 1.82) is 0 Å². The Labute approximate surface area is 236 Å². The van der Waals surface area contributed by atoms with Crippen molar-refractivity contribution in [3.8, 4) is 11.5 Å². The second-order valence-corrected chi connectivity index (χ2v) is 10.8. The lowest BCUT2D eigenvalue weighted by molar-refractivity contribution is -0.385. The van der Waals surface area contributed by atoms with Gasteiger partial charge in [-0.1, -0.05) is 12.8 Å². The van der Waals surface area contributed by atoms with Crippen LogP contribution >= 0.6 is 0 Å². The second kappa shape index (κ2) is 13.7. The number of hydrogen-bond donors (Lipinski definition) is 1. The number of nitrogen functional groups attached to an aromatic ring is 1. The fourth-order valence-corrected chi connectivity index (χ4v) is 5.60. The molecule has 2 N–H and O–H groups in total. The Bertz CT molecular complexity index is 1240. The molecule has 6 rings (SSSR count). The first-order chi connectivity index (χ1) is 19.6. The van der Waals surface area contributed by atoms with Crippen LogP contribution in [0, 0.1) is 10.1 Å². The molecule has 0 spiro atoms. The molecule has 2 aromatic carbocycles. The lowest BCUT2D eigenvalue weighted by atomic mass is 10.1. The maximum atomic E-state index is 11.2. The zero-order chi connectivity index (χ0) is 27.7. The van der Waals surface area contributed by atoms with Gasteiger partial charge >= 0.3 is 5.69 Å². The van der Waals surface area contributed by atoms with E-state index in [1.54, 1.807) is 18.3 Å². The number of anilines is 1. The van der Waals surface area contributed by atoms with Gasteiger partial charge in [0.25, 0.3) is 0 Å². The highest BCUT2D eigenvalue weighted by atomic mass is 16.6. The number of benzene rings is 2. The molecular formula is C30H40N6O4.